The molecule has 0 aliphatic rings. The van der Waals surface area contributed by atoms with Crippen LogP contribution in [0.15, 0.2) is 12.2 Å². The van der Waals surface area contributed by atoms with Gasteiger partial charge in [0, 0.05) is 6.61 Å². The minimum atomic E-state index is -0.257. The molecular formula is C18H36O2. The molecule has 0 saturated heterocycles. The van der Waals surface area contributed by atoms with E-state index in [0.717, 1.165) is 32.1 Å². The Bertz CT molecular complexity index is 202. The van der Waals surface area contributed by atoms with Crippen molar-refractivity contribution in [3.05, 3.63) is 12.2 Å². The fourth-order valence-corrected chi connectivity index (χ4v) is 2.39. The summed E-state index contributed by atoms with van der Waals surface area (Å²) in [6, 6.07) is 0. The molecule has 20 heavy (non-hydrogen) atoms. The van der Waals surface area contributed by atoms with Gasteiger partial charge in [0.1, 0.15) is 0 Å². The van der Waals surface area contributed by atoms with Crippen LogP contribution in [-0.4, -0.2) is 22.9 Å². The highest BCUT2D eigenvalue weighted by Gasteiger charge is 1.98. The van der Waals surface area contributed by atoms with Crippen LogP contribution >= 0.6 is 0 Å². The van der Waals surface area contributed by atoms with Gasteiger partial charge in [0.2, 0.25) is 0 Å². The first-order valence-corrected chi connectivity index (χ1v) is 8.76. The summed E-state index contributed by atoms with van der Waals surface area (Å²) in [5, 5.41) is 18.5. The van der Waals surface area contributed by atoms with Crippen molar-refractivity contribution >= 4 is 0 Å². The van der Waals surface area contributed by atoms with Gasteiger partial charge in [-0.2, -0.15) is 0 Å². The van der Waals surface area contributed by atoms with E-state index >= 15 is 0 Å². The maximum absolute atomic E-state index is 9.80. The molecule has 0 spiro atoms. The largest absolute Gasteiger partial charge is 0.396 e. The molecule has 0 rings (SSSR count). The molecule has 0 heterocycles. The number of aliphatic hydroxyl groups is 2. The topological polar surface area (TPSA) is 40.5 Å². The Hall–Kier alpha value is -0.340. The number of allylic oxidation sites excluding steroid dienone is 1. The summed E-state index contributed by atoms with van der Waals surface area (Å²) in [5.41, 5.74) is 0. The second-order valence-corrected chi connectivity index (χ2v) is 5.83. The van der Waals surface area contributed by atoms with Crippen LogP contribution in [0.5, 0.6) is 0 Å². The number of rotatable bonds is 15. The second kappa shape index (κ2) is 16.7. The monoisotopic (exact) mass is 284 g/mol. The van der Waals surface area contributed by atoms with Gasteiger partial charge in [-0.05, 0) is 25.7 Å². The van der Waals surface area contributed by atoms with E-state index in [1.165, 1.54) is 51.4 Å². The molecule has 0 bridgehead atoms. The highest BCUT2D eigenvalue weighted by atomic mass is 16.3. The molecule has 2 N–H and O–H groups in total. The highest BCUT2D eigenvalue weighted by molar-refractivity contribution is 4.88. The van der Waals surface area contributed by atoms with Crippen LogP contribution in [-0.2, 0) is 0 Å². The zero-order valence-electron chi connectivity index (χ0n) is 13.5. The van der Waals surface area contributed by atoms with Gasteiger partial charge < -0.3 is 10.2 Å². The van der Waals surface area contributed by atoms with Crippen LogP contribution in [0.1, 0.15) is 90.4 Å². The highest BCUT2D eigenvalue weighted by Crippen LogP contribution is 2.10. The summed E-state index contributed by atoms with van der Waals surface area (Å²) in [6.07, 6.45) is 19.3. The summed E-state index contributed by atoms with van der Waals surface area (Å²) in [4.78, 5) is 0. The molecule has 0 aliphatic heterocycles. The van der Waals surface area contributed by atoms with E-state index in [2.05, 4.69) is 13.0 Å². The van der Waals surface area contributed by atoms with Crippen molar-refractivity contribution in [1.29, 1.82) is 0 Å². The number of hydrogen-bond donors (Lipinski definition) is 2. The summed E-state index contributed by atoms with van der Waals surface area (Å²) in [5.74, 6) is 0. The van der Waals surface area contributed by atoms with E-state index in [4.69, 9.17) is 5.11 Å². The summed E-state index contributed by atoms with van der Waals surface area (Å²) >= 11 is 0. The van der Waals surface area contributed by atoms with Crippen LogP contribution < -0.4 is 0 Å². The summed E-state index contributed by atoms with van der Waals surface area (Å²) in [7, 11) is 0. The average molecular weight is 284 g/mol. The zero-order chi connectivity index (χ0) is 14.9. The van der Waals surface area contributed by atoms with Crippen molar-refractivity contribution in [2.45, 2.75) is 96.5 Å². The first kappa shape index (κ1) is 19.7. The lowest BCUT2D eigenvalue weighted by atomic mass is 10.1. The molecule has 2 heteroatoms. The van der Waals surface area contributed by atoms with Crippen molar-refractivity contribution in [1.82, 2.24) is 0 Å². The molecule has 0 aromatic carbocycles. The van der Waals surface area contributed by atoms with Gasteiger partial charge in [-0.1, -0.05) is 76.9 Å². The lowest BCUT2D eigenvalue weighted by molar-refractivity contribution is 0.207. The van der Waals surface area contributed by atoms with E-state index in [1.807, 2.05) is 6.08 Å². The quantitative estimate of drug-likeness (QED) is 0.328. The molecule has 0 aromatic rings. The Morgan fingerprint density at radius 1 is 0.800 bits per heavy atom. The van der Waals surface area contributed by atoms with Crippen LogP contribution in [0.2, 0.25) is 0 Å². The molecule has 0 aliphatic carbocycles. The minimum absolute atomic E-state index is 0.257. The van der Waals surface area contributed by atoms with Gasteiger partial charge in [0.25, 0.3) is 0 Å². The van der Waals surface area contributed by atoms with E-state index in [-0.39, 0.29) is 6.10 Å². The Kier molecular flexibility index (Phi) is 16.4. The molecule has 0 aromatic heterocycles. The smallest absolute Gasteiger partial charge is 0.0720 e. The standard InChI is InChI=1S/C18H36O2/c1-2-3-4-5-6-7-9-12-15-18(20)16-13-10-8-11-14-17-19/h12,15,18-20H,2-11,13-14,16-17H2,1H3/b15-12+. The lowest BCUT2D eigenvalue weighted by Gasteiger charge is -2.05. The summed E-state index contributed by atoms with van der Waals surface area (Å²) < 4.78 is 0. The number of hydrogen-bond acceptors (Lipinski definition) is 2. The Labute approximate surface area is 126 Å². The van der Waals surface area contributed by atoms with Gasteiger partial charge in [-0.25, -0.2) is 0 Å². The van der Waals surface area contributed by atoms with Gasteiger partial charge in [0.15, 0.2) is 0 Å². The normalized spacial score (nSPS) is 13.2. The number of aliphatic hydroxyl groups excluding tert-OH is 2. The SMILES string of the molecule is CCCCCCCC/C=C/C(O)CCCCCCCO. The third kappa shape index (κ3) is 15.7. The predicted octanol–water partition coefficient (Wildman–Crippen LogP) is 4.99. The third-order valence-electron chi connectivity index (χ3n) is 3.74. The fraction of sp³-hybridized carbons (Fsp3) is 0.889. The maximum Gasteiger partial charge on any atom is 0.0720 e. The molecule has 0 saturated carbocycles. The van der Waals surface area contributed by atoms with Crippen molar-refractivity contribution in [2.75, 3.05) is 6.61 Å². The Balaban J connectivity index is 3.24. The Morgan fingerprint density at radius 3 is 2.10 bits per heavy atom. The van der Waals surface area contributed by atoms with E-state index in [0.29, 0.717) is 6.61 Å². The second-order valence-electron chi connectivity index (χ2n) is 5.83. The van der Waals surface area contributed by atoms with Gasteiger partial charge in [-0.15, -0.1) is 0 Å². The molecule has 120 valence electrons. The predicted molar refractivity (Wildman–Crippen MR) is 87.9 cm³/mol. The van der Waals surface area contributed by atoms with E-state index < -0.39 is 0 Å². The first-order valence-electron chi connectivity index (χ1n) is 8.76. The molecule has 1 atom stereocenters. The van der Waals surface area contributed by atoms with Crippen molar-refractivity contribution in [2.24, 2.45) is 0 Å². The van der Waals surface area contributed by atoms with Crippen LogP contribution in [0.4, 0.5) is 0 Å². The molecule has 0 amide bonds. The maximum atomic E-state index is 9.80. The van der Waals surface area contributed by atoms with Gasteiger partial charge >= 0.3 is 0 Å². The summed E-state index contributed by atoms with van der Waals surface area (Å²) in [6.45, 7) is 2.56. The van der Waals surface area contributed by atoms with Crippen molar-refractivity contribution in [3.8, 4) is 0 Å². The first-order chi connectivity index (χ1) is 9.81. The van der Waals surface area contributed by atoms with E-state index in [1.54, 1.807) is 0 Å². The molecule has 0 fully saturated rings. The fourth-order valence-electron chi connectivity index (χ4n) is 2.39. The lowest BCUT2D eigenvalue weighted by Crippen LogP contribution is -2.01. The molecular weight excluding hydrogens is 248 g/mol. The van der Waals surface area contributed by atoms with Gasteiger partial charge in [0.05, 0.1) is 6.10 Å². The van der Waals surface area contributed by atoms with Gasteiger partial charge in [-0.3, -0.25) is 0 Å². The Morgan fingerprint density at radius 2 is 1.40 bits per heavy atom. The average Bonchev–Trinajstić information content (AvgIpc) is 2.45. The molecule has 1 unspecified atom stereocenters. The third-order valence-corrected chi connectivity index (χ3v) is 3.74. The van der Waals surface area contributed by atoms with Crippen LogP contribution in [0.25, 0.3) is 0 Å². The van der Waals surface area contributed by atoms with E-state index in [9.17, 15) is 5.11 Å². The van der Waals surface area contributed by atoms with Crippen LogP contribution in [0, 0.1) is 0 Å². The van der Waals surface area contributed by atoms with Crippen molar-refractivity contribution in [3.63, 3.8) is 0 Å². The minimum Gasteiger partial charge on any atom is -0.396 e. The van der Waals surface area contributed by atoms with Crippen molar-refractivity contribution < 1.29 is 10.2 Å². The molecule has 2 nitrogen and oxygen atoms in total. The number of unbranched alkanes of at least 4 members (excludes halogenated alkanes) is 10. The van der Waals surface area contributed by atoms with Crippen LogP contribution in [0.3, 0.4) is 0 Å². The molecule has 0 radical (unpaired) electrons. The zero-order valence-corrected chi connectivity index (χ0v) is 13.5.